The molecular formula is C9H11N3O3S. The summed E-state index contributed by atoms with van der Waals surface area (Å²) in [6.07, 6.45) is 1.36. The van der Waals surface area contributed by atoms with Crippen molar-refractivity contribution in [1.29, 1.82) is 0 Å². The standard InChI is InChI=1S/C9H11N3O3S/c1-5-7(8(13)14-2)3-6(15-5)4-11-12-9(10)16/h3-4H,1-2H3,(H3,10,12,16). The number of hydrogen-bond acceptors (Lipinski definition) is 5. The molecule has 0 aliphatic heterocycles. The fraction of sp³-hybridized carbons (Fsp3) is 0.222. The zero-order valence-electron chi connectivity index (χ0n) is 8.81. The van der Waals surface area contributed by atoms with Gasteiger partial charge in [-0.1, -0.05) is 0 Å². The molecule has 0 aliphatic carbocycles. The van der Waals surface area contributed by atoms with Gasteiger partial charge >= 0.3 is 5.97 Å². The van der Waals surface area contributed by atoms with Gasteiger partial charge in [0, 0.05) is 6.07 Å². The number of hydrogen-bond donors (Lipinski definition) is 2. The number of carbonyl (C=O) groups is 1. The fourth-order valence-corrected chi connectivity index (χ4v) is 1.09. The number of nitrogens with two attached hydrogens (primary N) is 1. The first-order chi connectivity index (χ1) is 7.54. The SMILES string of the molecule is COC(=O)c1cc(C=NNC(N)=S)oc1C. The van der Waals surface area contributed by atoms with Gasteiger partial charge in [0.15, 0.2) is 5.11 Å². The summed E-state index contributed by atoms with van der Waals surface area (Å²) in [7, 11) is 1.30. The van der Waals surface area contributed by atoms with Crippen molar-refractivity contribution in [1.82, 2.24) is 5.43 Å². The summed E-state index contributed by atoms with van der Waals surface area (Å²) >= 11 is 4.55. The molecule has 1 heterocycles. The van der Waals surface area contributed by atoms with Crippen LogP contribution in [0, 0.1) is 6.92 Å². The van der Waals surface area contributed by atoms with Crippen molar-refractivity contribution < 1.29 is 13.9 Å². The molecule has 1 aromatic heterocycles. The van der Waals surface area contributed by atoms with Crippen molar-refractivity contribution >= 4 is 29.5 Å². The molecule has 86 valence electrons. The molecule has 0 amide bonds. The van der Waals surface area contributed by atoms with Gasteiger partial charge in [0.05, 0.1) is 13.3 Å². The Labute approximate surface area is 97.4 Å². The maximum Gasteiger partial charge on any atom is 0.341 e. The Kier molecular flexibility index (Phi) is 4.01. The zero-order valence-corrected chi connectivity index (χ0v) is 9.63. The molecule has 3 N–H and O–H groups in total. The smallest absolute Gasteiger partial charge is 0.341 e. The normalized spacial score (nSPS) is 10.4. The number of aryl methyl sites for hydroxylation is 1. The van der Waals surface area contributed by atoms with E-state index >= 15 is 0 Å². The van der Waals surface area contributed by atoms with Crippen LogP contribution in [0.1, 0.15) is 21.9 Å². The lowest BCUT2D eigenvalue weighted by Gasteiger charge is -1.93. The first-order valence-corrected chi connectivity index (χ1v) is 4.72. The maximum atomic E-state index is 11.2. The number of methoxy groups -OCH3 is 1. The molecule has 7 heteroatoms. The van der Waals surface area contributed by atoms with Gasteiger partial charge in [0.25, 0.3) is 0 Å². The Morgan fingerprint density at radius 2 is 2.44 bits per heavy atom. The lowest BCUT2D eigenvalue weighted by Crippen LogP contribution is -2.23. The second-order valence-electron chi connectivity index (χ2n) is 2.84. The quantitative estimate of drug-likeness (QED) is 0.347. The molecule has 0 radical (unpaired) electrons. The highest BCUT2D eigenvalue weighted by Crippen LogP contribution is 2.13. The van der Waals surface area contributed by atoms with E-state index in [9.17, 15) is 4.79 Å². The van der Waals surface area contributed by atoms with Gasteiger partial charge in [0.2, 0.25) is 0 Å². The van der Waals surface area contributed by atoms with Crippen LogP contribution in [0.3, 0.4) is 0 Å². The van der Waals surface area contributed by atoms with Crippen molar-refractivity contribution in [3.05, 3.63) is 23.2 Å². The summed E-state index contributed by atoms with van der Waals surface area (Å²) in [4.78, 5) is 11.2. The van der Waals surface area contributed by atoms with E-state index in [4.69, 9.17) is 10.2 Å². The Hall–Kier alpha value is -1.89. The van der Waals surface area contributed by atoms with Gasteiger partial charge in [0.1, 0.15) is 17.1 Å². The number of rotatable bonds is 3. The number of ether oxygens (including phenoxy) is 1. The van der Waals surface area contributed by atoms with Crippen LogP contribution >= 0.6 is 12.2 Å². The van der Waals surface area contributed by atoms with E-state index in [1.807, 2.05) is 0 Å². The van der Waals surface area contributed by atoms with Crippen LogP contribution in [0.15, 0.2) is 15.6 Å². The average molecular weight is 241 g/mol. The zero-order chi connectivity index (χ0) is 12.1. The first-order valence-electron chi connectivity index (χ1n) is 4.32. The number of nitrogens with one attached hydrogen (secondary N) is 1. The molecule has 0 atom stereocenters. The van der Waals surface area contributed by atoms with Crippen LogP contribution in [0.25, 0.3) is 0 Å². The molecular weight excluding hydrogens is 230 g/mol. The predicted octanol–water partition coefficient (Wildman–Crippen LogP) is 0.542. The monoisotopic (exact) mass is 241 g/mol. The Morgan fingerprint density at radius 3 is 3.00 bits per heavy atom. The Morgan fingerprint density at radius 1 is 1.75 bits per heavy atom. The molecule has 0 aliphatic rings. The molecule has 6 nitrogen and oxygen atoms in total. The number of nitrogens with zero attached hydrogens (tertiary/aromatic N) is 1. The second-order valence-corrected chi connectivity index (χ2v) is 3.28. The van der Waals surface area contributed by atoms with Crippen LogP contribution in [-0.4, -0.2) is 24.4 Å². The van der Waals surface area contributed by atoms with Gasteiger partial charge in [-0.25, -0.2) is 4.79 Å². The first kappa shape index (κ1) is 12.2. The van der Waals surface area contributed by atoms with Crippen molar-refractivity contribution in [3.8, 4) is 0 Å². The highest BCUT2D eigenvalue weighted by atomic mass is 32.1. The molecule has 0 saturated heterocycles. The highest BCUT2D eigenvalue weighted by molar-refractivity contribution is 7.80. The molecule has 1 rings (SSSR count). The van der Waals surface area contributed by atoms with Gasteiger partial charge < -0.3 is 14.9 Å². The van der Waals surface area contributed by atoms with Crippen LogP contribution in [0.5, 0.6) is 0 Å². The van der Waals surface area contributed by atoms with Gasteiger partial charge in [-0.2, -0.15) is 5.10 Å². The molecule has 0 spiro atoms. The third-order valence-electron chi connectivity index (χ3n) is 1.71. The number of carbonyl (C=O) groups excluding carboxylic acids is 1. The van der Waals surface area contributed by atoms with Crippen molar-refractivity contribution in [2.75, 3.05) is 7.11 Å². The van der Waals surface area contributed by atoms with Crippen LogP contribution in [0.4, 0.5) is 0 Å². The summed E-state index contributed by atoms with van der Waals surface area (Å²) in [5, 5.41) is 3.74. The summed E-state index contributed by atoms with van der Waals surface area (Å²) in [6, 6.07) is 1.52. The van der Waals surface area contributed by atoms with Crippen molar-refractivity contribution in [2.24, 2.45) is 10.8 Å². The minimum atomic E-state index is -0.455. The Bertz CT molecular complexity index is 439. The van der Waals surface area contributed by atoms with E-state index in [-0.39, 0.29) is 5.11 Å². The van der Waals surface area contributed by atoms with Crippen LogP contribution in [-0.2, 0) is 4.74 Å². The maximum absolute atomic E-state index is 11.2. The predicted molar refractivity (Wildman–Crippen MR) is 62.3 cm³/mol. The van der Waals surface area contributed by atoms with Gasteiger partial charge in [-0.05, 0) is 19.1 Å². The van der Waals surface area contributed by atoms with E-state index < -0.39 is 5.97 Å². The molecule has 0 fully saturated rings. The average Bonchev–Trinajstić information content (AvgIpc) is 2.58. The summed E-state index contributed by atoms with van der Waals surface area (Å²) in [6.45, 7) is 1.66. The minimum Gasteiger partial charge on any atom is -0.465 e. The molecule has 16 heavy (non-hydrogen) atoms. The van der Waals surface area contributed by atoms with Gasteiger partial charge in [-0.15, -0.1) is 0 Å². The fourth-order valence-electron chi connectivity index (χ4n) is 1.04. The summed E-state index contributed by atoms with van der Waals surface area (Å²) in [5.74, 6) is 0.411. The summed E-state index contributed by atoms with van der Waals surface area (Å²) < 4.78 is 9.82. The van der Waals surface area contributed by atoms with E-state index in [1.165, 1.54) is 19.4 Å². The molecule has 0 bridgehead atoms. The van der Waals surface area contributed by atoms with Crippen LogP contribution < -0.4 is 11.2 Å². The van der Waals surface area contributed by atoms with E-state index in [0.29, 0.717) is 17.1 Å². The topological polar surface area (TPSA) is 89.8 Å². The van der Waals surface area contributed by atoms with Gasteiger partial charge in [-0.3, -0.25) is 5.43 Å². The largest absolute Gasteiger partial charge is 0.465 e. The number of furan rings is 1. The van der Waals surface area contributed by atoms with Crippen molar-refractivity contribution in [3.63, 3.8) is 0 Å². The number of esters is 1. The third kappa shape index (κ3) is 3.06. The van der Waals surface area contributed by atoms with E-state index in [0.717, 1.165) is 0 Å². The third-order valence-corrected chi connectivity index (χ3v) is 1.80. The van der Waals surface area contributed by atoms with E-state index in [1.54, 1.807) is 6.92 Å². The number of thiocarbonyl (C=S) groups is 1. The second kappa shape index (κ2) is 5.26. The molecule has 0 unspecified atom stereocenters. The van der Waals surface area contributed by atoms with Crippen LogP contribution in [0.2, 0.25) is 0 Å². The lowest BCUT2D eigenvalue weighted by atomic mass is 10.2. The van der Waals surface area contributed by atoms with E-state index in [2.05, 4.69) is 27.5 Å². The minimum absolute atomic E-state index is 0.0488. The lowest BCUT2D eigenvalue weighted by molar-refractivity contribution is 0.0599. The highest BCUT2D eigenvalue weighted by Gasteiger charge is 2.14. The van der Waals surface area contributed by atoms with Crippen molar-refractivity contribution in [2.45, 2.75) is 6.92 Å². The summed E-state index contributed by atoms with van der Waals surface area (Å²) in [5.41, 5.74) is 7.89. The number of hydrazone groups is 1. The molecule has 0 aromatic carbocycles. The Balaban J connectivity index is 2.80. The molecule has 0 saturated carbocycles. The molecule has 1 aromatic rings.